The summed E-state index contributed by atoms with van der Waals surface area (Å²) in [7, 11) is 0. The highest BCUT2D eigenvalue weighted by Crippen LogP contribution is 2.10. The van der Waals surface area contributed by atoms with Gasteiger partial charge in [-0.25, -0.2) is 4.79 Å². The molecule has 0 heterocycles. The summed E-state index contributed by atoms with van der Waals surface area (Å²) in [4.78, 5) is 46.6. The Bertz CT molecular complexity index is 470. The van der Waals surface area contributed by atoms with Gasteiger partial charge in [-0.3, -0.25) is 14.4 Å². The van der Waals surface area contributed by atoms with E-state index in [0.717, 1.165) is 0 Å². The third-order valence-corrected chi connectivity index (χ3v) is 2.58. The number of ether oxygens (including phenoxy) is 1. The zero-order valence-electron chi connectivity index (χ0n) is 14.1. The summed E-state index contributed by atoms with van der Waals surface area (Å²) >= 11 is 0. The summed E-state index contributed by atoms with van der Waals surface area (Å²) in [6, 6.07) is -2.95. The zero-order chi connectivity index (χ0) is 18.4. The molecule has 0 aromatic rings. The van der Waals surface area contributed by atoms with Gasteiger partial charge in [-0.05, 0) is 34.6 Å². The lowest BCUT2D eigenvalue weighted by Crippen LogP contribution is -2.54. The molecule has 0 bridgehead atoms. The second-order valence-electron chi connectivity index (χ2n) is 6.28. The van der Waals surface area contributed by atoms with E-state index in [4.69, 9.17) is 16.2 Å². The van der Waals surface area contributed by atoms with Crippen LogP contribution in [0.15, 0.2) is 0 Å². The van der Waals surface area contributed by atoms with Crippen molar-refractivity contribution in [2.75, 3.05) is 0 Å². The van der Waals surface area contributed by atoms with Crippen LogP contribution in [0.3, 0.4) is 0 Å². The van der Waals surface area contributed by atoms with E-state index in [0.29, 0.717) is 0 Å². The number of rotatable bonds is 7. The number of nitrogens with one attached hydrogen (secondary N) is 2. The van der Waals surface area contributed by atoms with Gasteiger partial charge < -0.3 is 26.8 Å². The molecule has 3 amide bonds. The van der Waals surface area contributed by atoms with Crippen molar-refractivity contribution in [2.45, 2.75) is 64.8 Å². The predicted molar refractivity (Wildman–Crippen MR) is 82.8 cm³/mol. The molecule has 3 atom stereocenters. The molecule has 0 saturated heterocycles. The molecule has 0 rings (SSSR count). The van der Waals surface area contributed by atoms with E-state index in [2.05, 4.69) is 10.6 Å². The normalized spacial score (nSPS) is 15.0. The molecular weight excluding hydrogens is 304 g/mol. The van der Waals surface area contributed by atoms with Crippen molar-refractivity contribution in [3.63, 3.8) is 0 Å². The van der Waals surface area contributed by atoms with Gasteiger partial charge in [0.25, 0.3) is 0 Å². The number of carbonyl (C=O) groups is 4. The Labute approximate surface area is 135 Å². The molecule has 0 aliphatic rings. The summed E-state index contributed by atoms with van der Waals surface area (Å²) in [5, 5.41) is 4.73. The molecule has 0 aromatic carbocycles. The monoisotopic (exact) mass is 330 g/mol. The Hall–Kier alpha value is -2.16. The molecule has 9 heteroatoms. The Kier molecular flexibility index (Phi) is 7.67. The largest absolute Gasteiger partial charge is 0.458 e. The predicted octanol–water partition coefficient (Wildman–Crippen LogP) is -1.46. The first-order chi connectivity index (χ1) is 10.3. The Morgan fingerprint density at radius 2 is 1.57 bits per heavy atom. The van der Waals surface area contributed by atoms with Gasteiger partial charge in [-0.1, -0.05) is 0 Å². The van der Waals surface area contributed by atoms with Gasteiger partial charge in [0.05, 0.1) is 12.5 Å². The number of amides is 3. The highest BCUT2D eigenvalue weighted by Gasteiger charge is 2.30. The topological polar surface area (TPSA) is 154 Å². The molecule has 6 N–H and O–H groups in total. The van der Waals surface area contributed by atoms with Crippen molar-refractivity contribution < 1.29 is 23.9 Å². The Morgan fingerprint density at radius 3 is 1.96 bits per heavy atom. The first-order valence-electron chi connectivity index (χ1n) is 7.21. The highest BCUT2D eigenvalue weighted by atomic mass is 16.6. The molecule has 0 spiro atoms. The number of esters is 1. The van der Waals surface area contributed by atoms with Crippen molar-refractivity contribution in [3.8, 4) is 0 Å². The third kappa shape index (κ3) is 8.77. The van der Waals surface area contributed by atoms with E-state index in [1.807, 2.05) is 0 Å². The van der Waals surface area contributed by atoms with Crippen LogP contribution in [0.4, 0.5) is 0 Å². The lowest BCUT2D eigenvalue weighted by molar-refractivity contribution is -0.159. The minimum atomic E-state index is -1.23. The maximum absolute atomic E-state index is 12.0. The minimum Gasteiger partial charge on any atom is -0.458 e. The van der Waals surface area contributed by atoms with E-state index in [9.17, 15) is 19.2 Å². The van der Waals surface area contributed by atoms with E-state index in [-0.39, 0.29) is 0 Å². The van der Waals surface area contributed by atoms with Gasteiger partial charge in [-0.2, -0.15) is 0 Å². The van der Waals surface area contributed by atoms with Crippen LogP contribution < -0.4 is 22.1 Å². The summed E-state index contributed by atoms with van der Waals surface area (Å²) in [5.74, 6) is -2.73. The molecule has 0 saturated carbocycles. The molecule has 9 nitrogen and oxygen atoms in total. The maximum Gasteiger partial charge on any atom is 0.329 e. The zero-order valence-corrected chi connectivity index (χ0v) is 14.1. The van der Waals surface area contributed by atoms with Crippen LogP contribution in [-0.2, 0) is 23.9 Å². The number of hydrogen-bond donors (Lipinski definition) is 4. The summed E-state index contributed by atoms with van der Waals surface area (Å²) < 4.78 is 5.13. The lowest BCUT2D eigenvalue weighted by Gasteiger charge is -2.25. The van der Waals surface area contributed by atoms with E-state index < -0.39 is 53.8 Å². The number of hydrogen-bond acceptors (Lipinski definition) is 6. The fourth-order valence-electron chi connectivity index (χ4n) is 1.47. The quantitative estimate of drug-likeness (QED) is 0.418. The van der Waals surface area contributed by atoms with Gasteiger partial charge in [0.2, 0.25) is 17.7 Å². The van der Waals surface area contributed by atoms with Crippen molar-refractivity contribution in [2.24, 2.45) is 11.5 Å². The average Bonchev–Trinajstić information content (AvgIpc) is 2.34. The second kappa shape index (κ2) is 8.47. The molecule has 0 fully saturated rings. The smallest absolute Gasteiger partial charge is 0.329 e. The molecule has 0 radical (unpaired) electrons. The summed E-state index contributed by atoms with van der Waals surface area (Å²) in [6.07, 6.45) is -0.408. The van der Waals surface area contributed by atoms with E-state index in [1.54, 1.807) is 20.8 Å². The fourth-order valence-corrected chi connectivity index (χ4v) is 1.47. The van der Waals surface area contributed by atoms with Gasteiger partial charge >= 0.3 is 5.97 Å². The molecule has 0 aliphatic carbocycles. The number of nitrogens with two attached hydrogens (primary N) is 2. The molecule has 132 valence electrons. The summed E-state index contributed by atoms with van der Waals surface area (Å²) in [5.41, 5.74) is 9.69. The van der Waals surface area contributed by atoms with Crippen LogP contribution in [0.1, 0.15) is 41.0 Å². The Balaban J connectivity index is 4.88. The average molecular weight is 330 g/mol. The van der Waals surface area contributed by atoms with Crippen molar-refractivity contribution >= 4 is 23.7 Å². The van der Waals surface area contributed by atoms with Crippen LogP contribution in [0.2, 0.25) is 0 Å². The van der Waals surface area contributed by atoms with Crippen molar-refractivity contribution in [1.82, 2.24) is 10.6 Å². The van der Waals surface area contributed by atoms with Crippen LogP contribution in [0.5, 0.6) is 0 Å². The fraction of sp³-hybridized carbons (Fsp3) is 0.714. The van der Waals surface area contributed by atoms with Crippen LogP contribution in [0, 0.1) is 0 Å². The molecule has 0 aromatic heterocycles. The number of primary amides is 1. The Morgan fingerprint density at radius 1 is 1.04 bits per heavy atom. The molecule has 3 unspecified atom stereocenters. The van der Waals surface area contributed by atoms with E-state index in [1.165, 1.54) is 13.8 Å². The standard InChI is InChI=1S/C14H26N4O5/c1-7(15)11(20)17-8(2)12(21)18-9(6-10(16)19)13(22)23-14(3,4)5/h7-9H,6,15H2,1-5H3,(H2,16,19)(H,17,20)(H,18,21). The van der Waals surface area contributed by atoms with Gasteiger partial charge in [0.15, 0.2) is 0 Å². The molecule has 0 aliphatic heterocycles. The van der Waals surface area contributed by atoms with Gasteiger partial charge in [0, 0.05) is 0 Å². The maximum atomic E-state index is 12.0. The third-order valence-electron chi connectivity index (χ3n) is 2.58. The van der Waals surface area contributed by atoms with Crippen LogP contribution in [-0.4, -0.2) is 47.4 Å². The number of carbonyl (C=O) groups excluding carboxylic acids is 4. The first kappa shape index (κ1) is 20.8. The van der Waals surface area contributed by atoms with Crippen LogP contribution >= 0.6 is 0 Å². The lowest BCUT2D eigenvalue weighted by atomic mass is 10.1. The van der Waals surface area contributed by atoms with E-state index >= 15 is 0 Å². The van der Waals surface area contributed by atoms with Crippen molar-refractivity contribution in [1.29, 1.82) is 0 Å². The second-order valence-corrected chi connectivity index (χ2v) is 6.28. The minimum absolute atomic E-state index is 0.408. The summed E-state index contributed by atoms with van der Waals surface area (Å²) in [6.45, 7) is 7.85. The van der Waals surface area contributed by atoms with Gasteiger partial charge in [0.1, 0.15) is 17.7 Å². The first-order valence-corrected chi connectivity index (χ1v) is 7.21. The van der Waals surface area contributed by atoms with Crippen molar-refractivity contribution in [3.05, 3.63) is 0 Å². The SMILES string of the molecule is CC(N)C(=O)NC(C)C(=O)NC(CC(N)=O)C(=O)OC(C)(C)C. The molecule has 23 heavy (non-hydrogen) atoms. The van der Waals surface area contributed by atoms with Gasteiger partial charge in [-0.15, -0.1) is 0 Å². The highest BCUT2D eigenvalue weighted by molar-refractivity contribution is 5.93. The van der Waals surface area contributed by atoms with Crippen LogP contribution in [0.25, 0.3) is 0 Å². The molecular formula is C14H26N4O5.